The van der Waals surface area contributed by atoms with Crippen molar-refractivity contribution in [2.75, 3.05) is 13.7 Å². The number of amides is 1. The smallest absolute Gasteiger partial charge is 0.407 e. The van der Waals surface area contributed by atoms with E-state index >= 15 is 0 Å². The van der Waals surface area contributed by atoms with Crippen LogP contribution in [0.1, 0.15) is 75.2 Å². The molecule has 0 bridgehead atoms. The van der Waals surface area contributed by atoms with Crippen molar-refractivity contribution < 1.29 is 47.3 Å². The van der Waals surface area contributed by atoms with E-state index in [0.717, 1.165) is 22.3 Å². The molecule has 4 aliphatic rings. The third kappa shape index (κ3) is 5.47. The first-order valence-electron chi connectivity index (χ1n) is 17.1. The van der Waals surface area contributed by atoms with E-state index in [2.05, 4.69) is 5.32 Å². The molecule has 0 unspecified atom stereocenters. The number of esters is 3. The third-order valence-electron chi connectivity index (χ3n) is 11.8. The van der Waals surface area contributed by atoms with E-state index in [4.69, 9.17) is 23.4 Å². The highest BCUT2D eigenvalue weighted by Gasteiger charge is 2.68. The van der Waals surface area contributed by atoms with Gasteiger partial charge in [-0.05, 0) is 65.3 Å². The lowest BCUT2D eigenvalue weighted by molar-refractivity contribution is -0.210. The molecule has 1 N–H and O–H groups in total. The summed E-state index contributed by atoms with van der Waals surface area (Å²) in [6, 6.07) is 16.5. The van der Waals surface area contributed by atoms with Crippen LogP contribution in [0.4, 0.5) is 4.79 Å². The van der Waals surface area contributed by atoms with Gasteiger partial charge < -0.3 is 28.7 Å². The molecular weight excluding hydrogens is 642 g/mol. The van der Waals surface area contributed by atoms with Crippen molar-refractivity contribution in [2.24, 2.45) is 28.6 Å². The number of carbonyl (C=O) groups excluding carboxylic acids is 5. The van der Waals surface area contributed by atoms with Gasteiger partial charge >= 0.3 is 24.0 Å². The number of cyclic esters (lactones) is 1. The molecule has 11 nitrogen and oxygen atoms in total. The molecule has 1 aromatic heterocycles. The summed E-state index contributed by atoms with van der Waals surface area (Å²) in [5.41, 5.74) is 3.19. The quantitative estimate of drug-likeness (QED) is 0.236. The van der Waals surface area contributed by atoms with Crippen LogP contribution in [0, 0.1) is 28.6 Å². The van der Waals surface area contributed by atoms with Gasteiger partial charge in [0.1, 0.15) is 18.8 Å². The predicted molar refractivity (Wildman–Crippen MR) is 177 cm³/mol. The minimum Gasteiger partial charge on any atom is -0.472 e. The molecule has 3 fully saturated rings. The molecule has 8 atom stereocenters. The Morgan fingerprint density at radius 1 is 0.980 bits per heavy atom. The van der Waals surface area contributed by atoms with Crippen LogP contribution in [0.3, 0.4) is 0 Å². The molecule has 2 saturated carbocycles. The molecule has 1 saturated heterocycles. The summed E-state index contributed by atoms with van der Waals surface area (Å²) in [6.45, 7) is 5.30. The summed E-state index contributed by atoms with van der Waals surface area (Å²) in [5, 5.41) is 2.54. The second-order valence-electron chi connectivity index (χ2n) is 14.6. The number of alkyl carbamates (subject to hydrolysis) is 1. The van der Waals surface area contributed by atoms with Gasteiger partial charge in [0, 0.05) is 23.8 Å². The second kappa shape index (κ2) is 12.8. The fraction of sp³-hybridized carbons (Fsp3) is 0.462. The molecule has 2 aromatic carbocycles. The highest BCUT2D eigenvalue weighted by atomic mass is 16.6. The summed E-state index contributed by atoms with van der Waals surface area (Å²) in [6.07, 6.45) is 1.37. The van der Waals surface area contributed by atoms with Crippen LogP contribution in [0.5, 0.6) is 0 Å². The van der Waals surface area contributed by atoms with E-state index in [9.17, 15) is 24.0 Å². The first-order chi connectivity index (χ1) is 24.0. The highest BCUT2D eigenvalue weighted by Crippen LogP contribution is 2.65. The van der Waals surface area contributed by atoms with Crippen molar-refractivity contribution in [3.8, 4) is 11.1 Å². The van der Waals surface area contributed by atoms with E-state index < -0.39 is 70.8 Å². The third-order valence-corrected chi connectivity index (χ3v) is 11.8. The number of ketones is 1. The number of furan rings is 1. The zero-order chi connectivity index (χ0) is 35.4. The van der Waals surface area contributed by atoms with Crippen LogP contribution in [0.2, 0.25) is 0 Å². The lowest BCUT2D eigenvalue weighted by Crippen LogP contribution is -2.65. The van der Waals surface area contributed by atoms with Gasteiger partial charge in [0.25, 0.3) is 0 Å². The normalized spacial score (nSPS) is 30.4. The van der Waals surface area contributed by atoms with Gasteiger partial charge in [0.15, 0.2) is 11.9 Å². The molecule has 3 aromatic rings. The lowest BCUT2D eigenvalue weighted by Gasteiger charge is -2.61. The van der Waals surface area contributed by atoms with Crippen molar-refractivity contribution >= 4 is 29.8 Å². The maximum Gasteiger partial charge on any atom is 0.407 e. The van der Waals surface area contributed by atoms with Crippen molar-refractivity contribution in [2.45, 2.75) is 70.6 Å². The maximum atomic E-state index is 14.5. The molecule has 2 heterocycles. The second-order valence-corrected chi connectivity index (χ2v) is 14.6. The highest BCUT2D eigenvalue weighted by molar-refractivity contribution is 5.94. The fourth-order valence-electron chi connectivity index (χ4n) is 9.38. The van der Waals surface area contributed by atoms with E-state index in [1.54, 1.807) is 6.07 Å². The number of Topliss-reactive ketones (excluding diaryl/α,β-unsaturated/α-hetero) is 1. The number of fused-ring (bicyclic) bond motifs is 6. The number of hydrogen-bond acceptors (Lipinski definition) is 10. The Kier molecular flexibility index (Phi) is 8.56. The molecule has 50 heavy (non-hydrogen) atoms. The van der Waals surface area contributed by atoms with Gasteiger partial charge in [-0.25, -0.2) is 9.59 Å². The number of carbonyl (C=O) groups is 5. The summed E-state index contributed by atoms with van der Waals surface area (Å²) >= 11 is 0. The minimum absolute atomic E-state index is 0.0613. The Morgan fingerprint density at radius 3 is 2.30 bits per heavy atom. The van der Waals surface area contributed by atoms with Crippen molar-refractivity contribution in [1.29, 1.82) is 0 Å². The van der Waals surface area contributed by atoms with Crippen molar-refractivity contribution in [3.63, 3.8) is 0 Å². The first-order valence-corrected chi connectivity index (χ1v) is 17.1. The van der Waals surface area contributed by atoms with Crippen molar-refractivity contribution in [3.05, 3.63) is 83.8 Å². The fourth-order valence-corrected chi connectivity index (χ4v) is 9.38. The number of benzene rings is 2. The number of rotatable bonds is 7. The molecule has 11 heteroatoms. The number of nitrogens with one attached hydrogen (secondary N) is 1. The molecule has 1 aliphatic heterocycles. The largest absolute Gasteiger partial charge is 0.472 e. The molecule has 3 aliphatic carbocycles. The van der Waals surface area contributed by atoms with Gasteiger partial charge in [-0.1, -0.05) is 62.4 Å². The molecule has 1 amide bonds. The Morgan fingerprint density at radius 2 is 1.66 bits per heavy atom. The Labute approximate surface area is 290 Å². The van der Waals surface area contributed by atoms with Gasteiger partial charge in [-0.3, -0.25) is 14.4 Å². The lowest BCUT2D eigenvalue weighted by atomic mass is 9.43. The average Bonchev–Trinajstić information content (AvgIpc) is 3.75. The average molecular weight is 684 g/mol. The van der Waals surface area contributed by atoms with E-state index in [0.29, 0.717) is 24.8 Å². The Balaban J connectivity index is 1.06. The van der Waals surface area contributed by atoms with E-state index in [1.807, 2.05) is 62.4 Å². The monoisotopic (exact) mass is 683 g/mol. The zero-order valence-electron chi connectivity index (χ0n) is 28.5. The Bertz CT molecular complexity index is 1790. The minimum atomic E-state index is -1.29. The summed E-state index contributed by atoms with van der Waals surface area (Å²) < 4.78 is 27.7. The van der Waals surface area contributed by atoms with Crippen molar-refractivity contribution in [1.82, 2.24) is 5.32 Å². The zero-order valence-corrected chi connectivity index (χ0v) is 28.5. The number of ether oxygens (including phenoxy) is 4. The Hall–Kier alpha value is -4.93. The van der Waals surface area contributed by atoms with Crippen LogP contribution < -0.4 is 5.32 Å². The maximum absolute atomic E-state index is 14.5. The van der Waals surface area contributed by atoms with Gasteiger partial charge in [0.05, 0.1) is 31.5 Å². The topological polar surface area (TPSA) is 147 Å². The first kappa shape index (κ1) is 33.6. The summed E-state index contributed by atoms with van der Waals surface area (Å²) in [7, 11) is 1.29. The van der Waals surface area contributed by atoms with Crippen LogP contribution in [0.15, 0.2) is 71.5 Å². The van der Waals surface area contributed by atoms with Crippen LogP contribution in [0.25, 0.3) is 11.1 Å². The SMILES string of the molecule is COC(=O)[C@@H]1C[C@H](OC(=O)[C@H](C)NC(=O)OCC2c3ccccc3-c3ccccc32)C(=O)[C@H]2[C@@]1(C)CC[C@H]1C(=O)O[C@H](c3ccoc3)C[C@]21C. The molecular formula is C39H41NO10. The molecule has 0 spiro atoms. The number of hydrogen-bond donors (Lipinski definition) is 1. The standard InChI is InChI=1S/C39H41NO10/c1-21(40-37(45)48-20-27-25-11-7-5-9-23(25)24-10-6-8-12-26(24)27)34(42)49-30-17-29(35(43)46-4)38(2)15-13-28-36(44)50-31(22-14-16-47-19-22)18-39(28,3)33(38)32(30)41/h5-12,14,16,19,21,27-31,33H,13,15,17-18,20H2,1-4H3,(H,40,45)/t21-,28-,29-,30-,31-,33-,38-,39-/m0/s1. The van der Waals surface area contributed by atoms with E-state index in [-0.39, 0.29) is 24.7 Å². The summed E-state index contributed by atoms with van der Waals surface area (Å²) in [5.74, 6) is -4.47. The van der Waals surface area contributed by atoms with Crippen LogP contribution in [-0.4, -0.2) is 55.6 Å². The molecule has 7 rings (SSSR count). The predicted octanol–water partition coefficient (Wildman–Crippen LogP) is 5.91. The summed E-state index contributed by atoms with van der Waals surface area (Å²) in [4.78, 5) is 67.6. The number of methoxy groups -OCH3 is 1. The van der Waals surface area contributed by atoms with Crippen LogP contribution >= 0.6 is 0 Å². The van der Waals surface area contributed by atoms with Crippen LogP contribution in [-0.2, 0) is 38.1 Å². The van der Waals surface area contributed by atoms with Gasteiger partial charge in [-0.15, -0.1) is 0 Å². The molecule has 0 radical (unpaired) electrons. The van der Waals surface area contributed by atoms with E-state index in [1.165, 1.54) is 26.6 Å². The van der Waals surface area contributed by atoms with Gasteiger partial charge in [-0.2, -0.15) is 0 Å². The molecule has 262 valence electrons. The van der Waals surface area contributed by atoms with Gasteiger partial charge in [0.2, 0.25) is 0 Å².